The van der Waals surface area contributed by atoms with Crippen LogP contribution >= 0.6 is 0 Å². The normalized spacial score (nSPS) is 24.6. The molecule has 3 nitrogen and oxygen atoms in total. The van der Waals surface area contributed by atoms with Gasteiger partial charge in [-0.1, -0.05) is 24.3 Å². The van der Waals surface area contributed by atoms with E-state index in [-0.39, 0.29) is 0 Å². The van der Waals surface area contributed by atoms with Crippen LogP contribution in [0.3, 0.4) is 0 Å². The molecule has 1 unspecified atom stereocenters. The first kappa shape index (κ1) is 13.1. The molecule has 1 heterocycles. The number of fused-ring (bicyclic) bond motifs is 1. The van der Waals surface area contributed by atoms with Gasteiger partial charge in [-0.15, -0.1) is 0 Å². The predicted octanol–water partition coefficient (Wildman–Crippen LogP) is 1.89. The Morgan fingerprint density at radius 1 is 1.26 bits per heavy atom. The number of benzene rings is 1. The van der Waals surface area contributed by atoms with Crippen LogP contribution in [0.2, 0.25) is 0 Å². The summed E-state index contributed by atoms with van der Waals surface area (Å²) in [5, 5.41) is 0. The Labute approximate surface area is 115 Å². The fourth-order valence-electron chi connectivity index (χ4n) is 3.29. The second kappa shape index (κ2) is 6.04. The lowest BCUT2D eigenvalue weighted by Crippen LogP contribution is -2.48. The molecule has 0 amide bonds. The molecule has 0 saturated carbocycles. The zero-order valence-corrected chi connectivity index (χ0v) is 11.7. The van der Waals surface area contributed by atoms with E-state index in [4.69, 9.17) is 9.47 Å². The number of morpholine rings is 1. The minimum atomic E-state index is 0.345. The lowest BCUT2D eigenvalue weighted by atomic mass is 10.1. The Bertz CT molecular complexity index is 396. The van der Waals surface area contributed by atoms with E-state index in [1.165, 1.54) is 24.0 Å². The lowest BCUT2D eigenvalue weighted by Gasteiger charge is -2.36. The Hall–Kier alpha value is -0.900. The smallest absolute Gasteiger partial charge is 0.0724 e. The van der Waals surface area contributed by atoms with Gasteiger partial charge in [0.1, 0.15) is 0 Å². The maximum atomic E-state index is 5.83. The maximum absolute atomic E-state index is 5.83. The Morgan fingerprint density at radius 3 is 2.68 bits per heavy atom. The van der Waals surface area contributed by atoms with Crippen molar-refractivity contribution >= 4 is 0 Å². The molecule has 2 aliphatic rings. The van der Waals surface area contributed by atoms with Crippen LogP contribution in [-0.4, -0.2) is 50.5 Å². The summed E-state index contributed by atoms with van der Waals surface area (Å²) in [6.45, 7) is 3.79. The van der Waals surface area contributed by atoms with Crippen molar-refractivity contribution < 1.29 is 9.47 Å². The molecule has 1 saturated heterocycles. The molecule has 1 aromatic rings. The minimum absolute atomic E-state index is 0.345. The van der Waals surface area contributed by atoms with Crippen LogP contribution in [-0.2, 0) is 22.3 Å². The first-order chi connectivity index (χ1) is 9.36. The molecule has 1 aromatic carbocycles. The zero-order chi connectivity index (χ0) is 13.1. The van der Waals surface area contributed by atoms with E-state index in [0.29, 0.717) is 12.1 Å². The summed E-state index contributed by atoms with van der Waals surface area (Å²) in [4.78, 5) is 2.61. The summed E-state index contributed by atoms with van der Waals surface area (Å²) in [6.07, 6.45) is 3.75. The number of rotatable bonds is 4. The first-order valence-electron chi connectivity index (χ1n) is 7.28. The average molecular weight is 261 g/mol. The number of ether oxygens (including phenoxy) is 2. The van der Waals surface area contributed by atoms with E-state index in [1.807, 2.05) is 0 Å². The number of hydrogen-bond donors (Lipinski definition) is 0. The van der Waals surface area contributed by atoms with E-state index < -0.39 is 0 Å². The summed E-state index contributed by atoms with van der Waals surface area (Å²) in [6, 6.07) is 9.53. The van der Waals surface area contributed by atoms with E-state index >= 15 is 0 Å². The third-order valence-corrected chi connectivity index (χ3v) is 4.36. The van der Waals surface area contributed by atoms with Crippen LogP contribution in [0.25, 0.3) is 0 Å². The molecule has 19 heavy (non-hydrogen) atoms. The number of nitrogens with zero attached hydrogens (tertiary/aromatic N) is 1. The fourth-order valence-corrected chi connectivity index (χ4v) is 3.29. The van der Waals surface area contributed by atoms with Crippen LogP contribution in [0.1, 0.15) is 17.5 Å². The fraction of sp³-hybridized carbons (Fsp3) is 0.625. The quantitative estimate of drug-likeness (QED) is 0.826. The van der Waals surface area contributed by atoms with Crippen molar-refractivity contribution in [1.82, 2.24) is 4.90 Å². The molecule has 3 rings (SSSR count). The lowest BCUT2D eigenvalue weighted by molar-refractivity contribution is -0.0526. The Kier molecular flexibility index (Phi) is 4.16. The van der Waals surface area contributed by atoms with Crippen molar-refractivity contribution in [1.29, 1.82) is 0 Å². The third-order valence-electron chi connectivity index (χ3n) is 4.36. The molecule has 0 radical (unpaired) electrons. The van der Waals surface area contributed by atoms with Gasteiger partial charge in [0.15, 0.2) is 0 Å². The van der Waals surface area contributed by atoms with Crippen molar-refractivity contribution in [2.24, 2.45) is 0 Å². The SMILES string of the molecule is COCCC1CN(C2Cc3ccccc3C2)CCO1. The van der Waals surface area contributed by atoms with E-state index in [9.17, 15) is 0 Å². The van der Waals surface area contributed by atoms with Crippen molar-refractivity contribution in [3.05, 3.63) is 35.4 Å². The van der Waals surface area contributed by atoms with Crippen molar-refractivity contribution in [2.75, 3.05) is 33.4 Å². The van der Waals surface area contributed by atoms with Gasteiger partial charge in [-0.3, -0.25) is 4.90 Å². The van der Waals surface area contributed by atoms with E-state index in [0.717, 1.165) is 32.7 Å². The van der Waals surface area contributed by atoms with Crippen LogP contribution in [0.15, 0.2) is 24.3 Å². The topological polar surface area (TPSA) is 21.7 Å². The molecule has 1 aliphatic carbocycles. The Morgan fingerprint density at radius 2 is 2.00 bits per heavy atom. The second-order valence-electron chi connectivity index (χ2n) is 5.60. The molecular weight excluding hydrogens is 238 g/mol. The summed E-state index contributed by atoms with van der Waals surface area (Å²) >= 11 is 0. The monoisotopic (exact) mass is 261 g/mol. The van der Waals surface area contributed by atoms with Gasteiger partial charge in [-0.05, 0) is 30.4 Å². The summed E-state index contributed by atoms with van der Waals surface area (Å²) in [5.41, 5.74) is 3.07. The van der Waals surface area contributed by atoms with Crippen LogP contribution in [0.5, 0.6) is 0 Å². The molecule has 1 atom stereocenters. The van der Waals surface area contributed by atoms with Gasteiger partial charge in [0.2, 0.25) is 0 Å². The predicted molar refractivity (Wildman–Crippen MR) is 75.4 cm³/mol. The van der Waals surface area contributed by atoms with Crippen molar-refractivity contribution in [2.45, 2.75) is 31.4 Å². The molecular formula is C16H23NO2. The van der Waals surface area contributed by atoms with Gasteiger partial charge >= 0.3 is 0 Å². The molecule has 0 bridgehead atoms. The molecule has 104 valence electrons. The first-order valence-corrected chi connectivity index (χ1v) is 7.28. The Balaban J connectivity index is 1.58. The van der Waals surface area contributed by atoms with E-state index in [2.05, 4.69) is 29.2 Å². The third kappa shape index (κ3) is 2.99. The van der Waals surface area contributed by atoms with Gasteiger partial charge in [0.25, 0.3) is 0 Å². The van der Waals surface area contributed by atoms with Gasteiger partial charge in [0.05, 0.1) is 12.7 Å². The summed E-state index contributed by atoms with van der Waals surface area (Å²) in [7, 11) is 1.76. The number of hydrogen-bond acceptors (Lipinski definition) is 3. The molecule has 0 aromatic heterocycles. The summed E-state index contributed by atoms with van der Waals surface area (Å²) < 4.78 is 11.0. The summed E-state index contributed by atoms with van der Waals surface area (Å²) in [5.74, 6) is 0. The highest BCUT2D eigenvalue weighted by molar-refractivity contribution is 5.33. The molecule has 1 aliphatic heterocycles. The standard InChI is InChI=1S/C16H23NO2/c1-18-8-6-16-12-17(7-9-19-16)15-10-13-4-2-3-5-14(13)11-15/h2-5,15-16H,6-12H2,1H3. The van der Waals surface area contributed by atoms with Gasteiger partial charge in [0, 0.05) is 32.8 Å². The van der Waals surface area contributed by atoms with Crippen LogP contribution < -0.4 is 0 Å². The van der Waals surface area contributed by atoms with Crippen LogP contribution in [0.4, 0.5) is 0 Å². The highest BCUT2D eigenvalue weighted by Crippen LogP contribution is 2.26. The van der Waals surface area contributed by atoms with Crippen molar-refractivity contribution in [3.63, 3.8) is 0 Å². The molecule has 0 spiro atoms. The maximum Gasteiger partial charge on any atom is 0.0724 e. The van der Waals surface area contributed by atoms with Gasteiger partial charge < -0.3 is 9.47 Å². The van der Waals surface area contributed by atoms with Gasteiger partial charge in [-0.25, -0.2) is 0 Å². The van der Waals surface area contributed by atoms with Gasteiger partial charge in [-0.2, -0.15) is 0 Å². The minimum Gasteiger partial charge on any atom is -0.385 e. The highest BCUT2D eigenvalue weighted by Gasteiger charge is 2.30. The second-order valence-corrected chi connectivity index (χ2v) is 5.60. The molecule has 0 N–H and O–H groups in total. The van der Waals surface area contributed by atoms with Crippen molar-refractivity contribution in [3.8, 4) is 0 Å². The van der Waals surface area contributed by atoms with E-state index in [1.54, 1.807) is 7.11 Å². The number of methoxy groups -OCH3 is 1. The average Bonchev–Trinajstić information content (AvgIpc) is 2.89. The molecule has 1 fully saturated rings. The zero-order valence-electron chi connectivity index (χ0n) is 11.7. The van der Waals surface area contributed by atoms with Crippen LogP contribution in [0, 0.1) is 0 Å². The largest absolute Gasteiger partial charge is 0.385 e. The molecule has 3 heteroatoms. The highest BCUT2D eigenvalue weighted by atomic mass is 16.5.